The summed E-state index contributed by atoms with van der Waals surface area (Å²) in [4.78, 5) is 6.54. The fourth-order valence-electron chi connectivity index (χ4n) is 4.11. The van der Waals surface area contributed by atoms with E-state index in [0.29, 0.717) is 34.9 Å². The Kier molecular flexibility index (Phi) is 5.15. The molecular weight excluding hydrogens is 350 g/mol. The summed E-state index contributed by atoms with van der Waals surface area (Å²) in [6, 6.07) is 17.8. The van der Waals surface area contributed by atoms with Crippen LogP contribution in [0.1, 0.15) is 25.8 Å². The van der Waals surface area contributed by atoms with Crippen LogP contribution in [0.4, 0.5) is 0 Å². The van der Waals surface area contributed by atoms with Gasteiger partial charge in [-0.25, -0.2) is 4.98 Å². The molecule has 1 N–H and O–H groups in total. The zero-order valence-electron chi connectivity index (χ0n) is 16.2. The smallest absolute Gasteiger partial charge is 0.230 e. The zero-order valence-corrected chi connectivity index (χ0v) is 16.2. The molecule has 2 unspecified atom stereocenters. The van der Waals surface area contributed by atoms with Gasteiger partial charge in [-0.15, -0.1) is 0 Å². The molecule has 0 spiro atoms. The highest BCUT2D eigenvalue weighted by Gasteiger charge is 2.27. The van der Waals surface area contributed by atoms with Crippen molar-refractivity contribution in [2.75, 3.05) is 13.1 Å². The second kappa shape index (κ2) is 7.89. The van der Waals surface area contributed by atoms with Crippen LogP contribution in [0.15, 0.2) is 65.9 Å². The van der Waals surface area contributed by atoms with Gasteiger partial charge in [0.2, 0.25) is 5.88 Å². The van der Waals surface area contributed by atoms with E-state index in [9.17, 15) is 5.21 Å². The second-order valence-electron chi connectivity index (χ2n) is 7.74. The van der Waals surface area contributed by atoms with Crippen molar-refractivity contribution in [3.8, 4) is 11.6 Å². The average molecular weight is 375 g/mol. The summed E-state index contributed by atoms with van der Waals surface area (Å²) >= 11 is 0. The summed E-state index contributed by atoms with van der Waals surface area (Å²) in [5.41, 5.74) is 0.694. The number of oxime groups is 1. The molecule has 4 rings (SSSR count). The molecule has 5 heteroatoms. The van der Waals surface area contributed by atoms with E-state index in [4.69, 9.17) is 4.74 Å². The van der Waals surface area contributed by atoms with Crippen LogP contribution < -0.4 is 4.74 Å². The number of nitrogens with zero attached hydrogens (tertiary/aromatic N) is 3. The summed E-state index contributed by atoms with van der Waals surface area (Å²) in [5, 5.41) is 15.7. The van der Waals surface area contributed by atoms with E-state index < -0.39 is 0 Å². The van der Waals surface area contributed by atoms with Crippen LogP contribution in [-0.2, 0) is 0 Å². The van der Waals surface area contributed by atoms with Crippen molar-refractivity contribution < 1.29 is 9.94 Å². The van der Waals surface area contributed by atoms with Gasteiger partial charge in [0.15, 0.2) is 5.84 Å². The van der Waals surface area contributed by atoms with Gasteiger partial charge in [-0.1, -0.05) is 49.3 Å². The van der Waals surface area contributed by atoms with E-state index in [0.717, 1.165) is 23.9 Å². The number of fused-ring (bicyclic) bond motifs is 1. The maximum absolute atomic E-state index is 9.80. The predicted octanol–water partition coefficient (Wildman–Crippen LogP) is 5.14. The van der Waals surface area contributed by atoms with Crippen LogP contribution in [0.2, 0.25) is 0 Å². The lowest BCUT2D eigenvalue weighted by Gasteiger charge is -2.36. The van der Waals surface area contributed by atoms with E-state index in [2.05, 4.69) is 41.0 Å². The van der Waals surface area contributed by atoms with Gasteiger partial charge in [0, 0.05) is 19.3 Å². The lowest BCUT2D eigenvalue weighted by molar-refractivity contribution is 0.204. The van der Waals surface area contributed by atoms with Gasteiger partial charge in [0.25, 0.3) is 0 Å². The van der Waals surface area contributed by atoms with Crippen molar-refractivity contribution in [1.82, 2.24) is 9.88 Å². The van der Waals surface area contributed by atoms with Crippen molar-refractivity contribution >= 4 is 16.6 Å². The van der Waals surface area contributed by atoms with Crippen LogP contribution in [-0.4, -0.2) is 34.0 Å². The molecule has 1 saturated heterocycles. The van der Waals surface area contributed by atoms with E-state index in [1.54, 1.807) is 6.20 Å². The Morgan fingerprint density at radius 3 is 2.54 bits per heavy atom. The van der Waals surface area contributed by atoms with E-state index >= 15 is 0 Å². The average Bonchev–Trinajstić information content (AvgIpc) is 2.69. The Balaban J connectivity index is 1.65. The Morgan fingerprint density at radius 1 is 1.04 bits per heavy atom. The monoisotopic (exact) mass is 375 g/mol. The maximum atomic E-state index is 9.80. The van der Waals surface area contributed by atoms with Crippen molar-refractivity contribution in [3.05, 3.63) is 66.4 Å². The van der Waals surface area contributed by atoms with Crippen LogP contribution in [0.3, 0.4) is 0 Å². The Labute approximate surface area is 165 Å². The number of aromatic nitrogens is 1. The normalized spacial score (nSPS) is 20.4. The molecule has 0 radical (unpaired) electrons. The minimum atomic E-state index is 0.441. The molecule has 3 aromatic rings. The van der Waals surface area contributed by atoms with E-state index in [-0.39, 0.29) is 0 Å². The van der Waals surface area contributed by atoms with E-state index in [1.165, 1.54) is 6.42 Å². The number of likely N-dealkylation sites (tertiary alicyclic amines) is 1. The van der Waals surface area contributed by atoms with Crippen molar-refractivity contribution in [2.24, 2.45) is 17.0 Å². The number of rotatable bonds is 3. The van der Waals surface area contributed by atoms with Gasteiger partial charge in [-0.3, -0.25) is 0 Å². The SMILES string of the molecule is CC1CC(C)CN(/C(=N\O)c2cccnc2Oc2ccc3ccccc3c2)C1. The number of ether oxygens (including phenoxy) is 1. The van der Waals surface area contributed by atoms with E-state index in [1.807, 2.05) is 42.5 Å². The maximum Gasteiger partial charge on any atom is 0.230 e. The molecule has 1 aromatic heterocycles. The predicted molar refractivity (Wildman–Crippen MR) is 111 cm³/mol. The molecule has 2 heterocycles. The molecule has 0 saturated carbocycles. The molecule has 5 nitrogen and oxygen atoms in total. The highest BCUT2D eigenvalue weighted by Crippen LogP contribution is 2.29. The minimum absolute atomic E-state index is 0.441. The molecule has 0 bridgehead atoms. The first-order chi connectivity index (χ1) is 13.6. The molecule has 144 valence electrons. The summed E-state index contributed by atoms with van der Waals surface area (Å²) in [5.74, 6) is 2.75. The summed E-state index contributed by atoms with van der Waals surface area (Å²) in [6.07, 6.45) is 2.87. The molecule has 2 aromatic carbocycles. The number of piperidine rings is 1. The summed E-state index contributed by atoms with van der Waals surface area (Å²) in [6.45, 7) is 6.17. The van der Waals surface area contributed by atoms with Gasteiger partial charge in [0.1, 0.15) is 5.75 Å². The Bertz CT molecular complexity index is 992. The quantitative estimate of drug-likeness (QED) is 0.298. The van der Waals surface area contributed by atoms with Crippen molar-refractivity contribution in [1.29, 1.82) is 0 Å². The third-order valence-corrected chi connectivity index (χ3v) is 5.21. The molecule has 1 aliphatic heterocycles. The lowest BCUT2D eigenvalue weighted by atomic mass is 9.91. The minimum Gasteiger partial charge on any atom is -0.438 e. The standard InChI is InChI=1S/C23H25N3O2/c1-16-12-17(2)15-26(14-16)22(25-27)21-8-5-11-24-23(21)28-20-10-9-18-6-3-4-7-19(18)13-20/h3-11,13,16-17,27H,12,14-15H2,1-2H3/b25-22-. The number of amidine groups is 1. The van der Waals surface area contributed by atoms with Crippen LogP contribution in [0, 0.1) is 11.8 Å². The topological polar surface area (TPSA) is 58.0 Å². The highest BCUT2D eigenvalue weighted by atomic mass is 16.5. The van der Waals surface area contributed by atoms with Crippen LogP contribution >= 0.6 is 0 Å². The molecule has 28 heavy (non-hydrogen) atoms. The van der Waals surface area contributed by atoms with Gasteiger partial charge < -0.3 is 14.8 Å². The molecule has 1 aliphatic rings. The number of benzene rings is 2. The Morgan fingerprint density at radius 2 is 1.79 bits per heavy atom. The van der Waals surface area contributed by atoms with Gasteiger partial charge in [0.05, 0.1) is 5.56 Å². The fourth-order valence-corrected chi connectivity index (χ4v) is 4.11. The first-order valence-electron chi connectivity index (χ1n) is 9.73. The first kappa shape index (κ1) is 18.3. The number of pyridine rings is 1. The lowest BCUT2D eigenvalue weighted by Crippen LogP contribution is -2.43. The van der Waals surface area contributed by atoms with Crippen molar-refractivity contribution in [2.45, 2.75) is 20.3 Å². The summed E-state index contributed by atoms with van der Waals surface area (Å²) in [7, 11) is 0. The van der Waals surface area contributed by atoms with Gasteiger partial charge in [-0.05, 0) is 53.3 Å². The number of hydrogen-bond acceptors (Lipinski definition) is 4. The molecule has 0 amide bonds. The Hall–Kier alpha value is -3.08. The molecular formula is C23H25N3O2. The van der Waals surface area contributed by atoms with Crippen LogP contribution in [0.5, 0.6) is 11.6 Å². The third kappa shape index (κ3) is 3.79. The fraction of sp³-hybridized carbons (Fsp3) is 0.304. The molecule has 0 aliphatic carbocycles. The first-order valence-corrected chi connectivity index (χ1v) is 9.73. The highest BCUT2D eigenvalue weighted by molar-refractivity contribution is 6.00. The van der Waals surface area contributed by atoms with Gasteiger partial charge in [-0.2, -0.15) is 0 Å². The largest absolute Gasteiger partial charge is 0.438 e. The molecule has 1 fully saturated rings. The number of hydrogen-bond donors (Lipinski definition) is 1. The summed E-state index contributed by atoms with van der Waals surface area (Å²) < 4.78 is 6.12. The second-order valence-corrected chi connectivity index (χ2v) is 7.74. The zero-order chi connectivity index (χ0) is 19.5. The third-order valence-electron chi connectivity index (χ3n) is 5.21. The molecule has 2 atom stereocenters. The van der Waals surface area contributed by atoms with Gasteiger partial charge >= 0.3 is 0 Å². The van der Waals surface area contributed by atoms with Crippen LogP contribution in [0.25, 0.3) is 10.8 Å². The van der Waals surface area contributed by atoms with Crippen molar-refractivity contribution in [3.63, 3.8) is 0 Å².